The summed E-state index contributed by atoms with van der Waals surface area (Å²) in [6, 6.07) is 10.7. The quantitative estimate of drug-likeness (QED) is 0.448. The Morgan fingerprint density at radius 1 is 1.22 bits per heavy atom. The average Bonchev–Trinajstić information content (AvgIpc) is 3.05. The molecule has 0 radical (unpaired) electrons. The zero-order chi connectivity index (χ0) is 19.2. The van der Waals surface area contributed by atoms with Gasteiger partial charge in [-0.15, -0.1) is 16.8 Å². The molecule has 0 spiro atoms. The van der Waals surface area contributed by atoms with Gasteiger partial charge in [0.15, 0.2) is 11.0 Å². The minimum absolute atomic E-state index is 0.162. The first-order chi connectivity index (χ1) is 13.1. The molecule has 0 saturated heterocycles. The smallest absolute Gasteiger partial charge is 0.236 e. The third-order valence-corrected chi connectivity index (χ3v) is 4.86. The molecule has 0 bridgehead atoms. The predicted molar refractivity (Wildman–Crippen MR) is 109 cm³/mol. The number of benzene rings is 1. The summed E-state index contributed by atoms with van der Waals surface area (Å²) in [4.78, 5) is 16.2. The van der Waals surface area contributed by atoms with E-state index < -0.39 is 0 Å². The molecule has 27 heavy (non-hydrogen) atoms. The van der Waals surface area contributed by atoms with Crippen molar-refractivity contribution in [2.45, 2.75) is 11.7 Å². The van der Waals surface area contributed by atoms with Crippen molar-refractivity contribution in [2.75, 3.05) is 11.1 Å². The van der Waals surface area contributed by atoms with Crippen LogP contribution in [0.3, 0.4) is 0 Å². The normalized spacial score (nSPS) is 10.6. The molecule has 1 N–H and O–H groups in total. The van der Waals surface area contributed by atoms with Gasteiger partial charge in [-0.05, 0) is 24.3 Å². The lowest BCUT2D eigenvalue weighted by Gasteiger charge is -2.08. The number of carbonyl (C=O) groups excluding carboxylic acids is 1. The molecular weight excluding hydrogens is 405 g/mol. The van der Waals surface area contributed by atoms with Crippen LogP contribution in [0.15, 0.2) is 60.4 Å². The lowest BCUT2D eigenvalue weighted by molar-refractivity contribution is -0.113. The Morgan fingerprint density at radius 2 is 2.07 bits per heavy atom. The van der Waals surface area contributed by atoms with E-state index in [1.54, 1.807) is 24.3 Å². The van der Waals surface area contributed by atoms with Crippen LogP contribution in [0.25, 0.3) is 11.4 Å². The summed E-state index contributed by atoms with van der Waals surface area (Å²) in [7, 11) is 0. The van der Waals surface area contributed by atoms with Crippen molar-refractivity contribution in [1.29, 1.82) is 0 Å². The molecule has 0 saturated carbocycles. The summed E-state index contributed by atoms with van der Waals surface area (Å²) in [6.45, 7) is 4.29. The highest BCUT2D eigenvalue weighted by atomic mass is 35.5. The third-order valence-electron chi connectivity index (χ3n) is 3.44. The molecule has 2 heterocycles. The molecule has 0 aliphatic rings. The summed E-state index contributed by atoms with van der Waals surface area (Å²) in [6.07, 6.45) is 3.22. The van der Waals surface area contributed by atoms with Crippen LogP contribution in [0.1, 0.15) is 0 Å². The maximum Gasteiger partial charge on any atom is 0.236 e. The summed E-state index contributed by atoms with van der Waals surface area (Å²) in [5.41, 5.74) is 0.846. The van der Waals surface area contributed by atoms with E-state index in [2.05, 4.69) is 27.1 Å². The Labute approximate surface area is 170 Å². The summed E-state index contributed by atoms with van der Waals surface area (Å²) < 4.78 is 1.89. The Bertz CT molecular complexity index is 959. The van der Waals surface area contributed by atoms with Crippen molar-refractivity contribution in [3.8, 4) is 11.4 Å². The van der Waals surface area contributed by atoms with E-state index in [1.165, 1.54) is 18.0 Å². The van der Waals surface area contributed by atoms with Crippen molar-refractivity contribution < 1.29 is 4.79 Å². The Hall–Kier alpha value is -2.35. The third kappa shape index (κ3) is 5.09. The second-order valence-electron chi connectivity index (χ2n) is 5.41. The number of halogens is 2. The topological polar surface area (TPSA) is 72.7 Å². The van der Waals surface area contributed by atoms with Gasteiger partial charge >= 0.3 is 0 Å². The number of hydrogen-bond donors (Lipinski definition) is 1. The molecule has 0 fully saturated rings. The first kappa shape index (κ1) is 19.4. The molecule has 0 unspecified atom stereocenters. The van der Waals surface area contributed by atoms with E-state index in [1.807, 2.05) is 22.8 Å². The summed E-state index contributed by atoms with van der Waals surface area (Å²) in [5, 5.41) is 12.9. The van der Waals surface area contributed by atoms with Crippen LogP contribution < -0.4 is 5.32 Å². The van der Waals surface area contributed by atoms with E-state index in [9.17, 15) is 4.79 Å². The minimum Gasteiger partial charge on any atom is -0.310 e. The minimum atomic E-state index is -0.202. The fourth-order valence-electron chi connectivity index (χ4n) is 2.29. The maximum absolute atomic E-state index is 12.2. The first-order valence-corrected chi connectivity index (χ1v) is 9.65. The molecule has 0 aliphatic carbocycles. The zero-order valence-corrected chi connectivity index (χ0v) is 16.4. The maximum atomic E-state index is 12.2. The number of anilines is 1. The molecule has 138 valence electrons. The van der Waals surface area contributed by atoms with Gasteiger partial charge in [0.1, 0.15) is 5.82 Å². The number of amides is 1. The highest BCUT2D eigenvalue weighted by molar-refractivity contribution is 7.99. The lowest BCUT2D eigenvalue weighted by atomic mass is 10.2. The molecular formula is C18H15Cl2N5OS. The number of nitrogens with zero attached hydrogens (tertiary/aromatic N) is 4. The second-order valence-corrected chi connectivity index (χ2v) is 7.23. The van der Waals surface area contributed by atoms with E-state index in [0.717, 1.165) is 5.56 Å². The Morgan fingerprint density at radius 3 is 2.78 bits per heavy atom. The highest BCUT2D eigenvalue weighted by Gasteiger charge is 2.15. The Kier molecular flexibility index (Phi) is 6.49. The number of thioether (sulfide) groups is 1. The molecule has 0 aliphatic heterocycles. The molecule has 3 rings (SSSR count). The van der Waals surface area contributed by atoms with Gasteiger partial charge in [0, 0.05) is 23.3 Å². The van der Waals surface area contributed by atoms with Gasteiger partial charge in [0.2, 0.25) is 5.91 Å². The van der Waals surface area contributed by atoms with E-state index >= 15 is 0 Å². The number of carbonyl (C=O) groups is 1. The first-order valence-electron chi connectivity index (χ1n) is 7.91. The van der Waals surface area contributed by atoms with Crippen LogP contribution in [0.4, 0.5) is 5.82 Å². The molecule has 3 aromatic rings. The van der Waals surface area contributed by atoms with Crippen molar-refractivity contribution in [3.05, 3.63) is 65.3 Å². The van der Waals surface area contributed by atoms with Crippen molar-refractivity contribution in [3.63, 3.8) is 0 Å². The van der Waals surface area contributed by atoms with Crippen LogP contribution in [-0.2, 0) is 11.3 Å². The zero-order valence-electron chi connectivity index (χ0n) is 14.1. The largest absolute Gasteiger partial charge is 0.310 e. The summed E-state index contributed by atoms with van der Waals surface area (Å²) >= 11 is 13.1. The number of rotatable bonds is 7. The van der Waals surface area contributed by atoms with E-state index in [0.29, 0.717) is 33.4 Å². The van der Waals surface area contributed by atoms with Gasteiger partial charge in [-0.3, -0.25) is 9.36 Å². The molecule has 6 nitrogen and oxygen atoms in total. The number of pyridine rings is 1. The van der Waals surface area contributed by atoms with Gasteiger partial charge < -0.3 is 5.32 Å². The van der Waals surface area contributed by atoms with Crippen molar-refractivity contribution in [1.82, 2.24) is 19.7 Å². The van der Waals surface area contributed by atoms with E-state index in [-0.39, 0.29) is 11.7 Å². The molecule has 1 aromatic carbocycles. The number of nitrogens with one attached hydrogen (secondary N) is 1. The van der Waals surface area contributed by atoms with Gasteiger partial charge in [0.05, 0.1) is 10.8 Å². The van der Waals surface area contributed by atoms with Gasteiger partial charge in [0.25, 0.3) is 0 Å². The fraction of sp³-hybridized carbons (Fsp3) is 0.111. The van der Waals surface area contributed by atoms with Crippen molar-refractivity contribution in [2.24, 2.45) is 0 Å². The predicted octanol–water partition coefficient (Wildman–Crippen LogP) is 4.56. The SMILES string of the molecule is C=CCn1c(SCC(=O)Nc2ccc(Cl)cn2)nnc1-c1cccc(Cl)c1. The van der Waals surface area contributed by atoms with Crippen LogP contribution >= 0.6 is 35.0 Å². The second kappa shape index (κ2) is 9.03. The summed E-state index contributed by atoms with van der Waals surface area (Å²) in [5.74, 6) is 1.07. The fourth-order valence-corrected chi connectivity index (χ4v) is 3.34. The number of aromatic nitrogens is 4. The number of hydrogen-bond acceptors (Lipinski definition) is 5. The Balaban J connectivity index is 1.72. The standard InChI is InChI=1S/C18H15Cl2N5OS/c1-2-8-25-17(12-4-3-5-13(19)9-12)23-24-18(25)27-11-16(26)22-15-7-6-14(20)10-21-15/h2-7,9-10H,1,8,11H2,(H,21,22,26). The highest BCUT2D eigenvalue weighted by Crippen LogP contribution is 2.26. The van der Waals surface area contributed by atoms with Crippen LogP contribution in [0.5, 0.6) is 0 Å². The average molecular weight is 420 g/mol. The van der Waals surface area contributed by atoms with Crippen LogP contribution in [0, 0.1) is 0 Å². The molecule has 0 atom stereocenters. The lowest BCUT2D eigenvalue weighted by Crippen LogP contribution is -2.15. The van der Waals surface area contributed by atoms with Crippen molar-refractivity contribution >= 4 is 46.7 Å². The van der Waals surface area contributed by atoms with Gasteiger partial charge in [-0.25, -0.2) is 4.98 Å². The van der Waals surface area contributed by atoms with Gasteiger partial charge in [-0.1, -0.05) is 53.2 Å². The van der Waals surface area contributed by atoms with Crippen LogP contribution in [0.2, 0.25) is 10.0 Å². The molecule has 2 aromatic heterocycles. The van der Waals surface area contributed by atoms with Gasteiger partial charge in [-0.2, -0.15) is 0 Å². The molecule has 1 amide bonds. The van der Waals surface area contributed by atoms with Crippen LogP contribution in [-0.4, -0.2) is 31.4 Å². The number of allylic oxidation sites excluding steroid dienone is 1. The molecule has 9 heteroatoms. The monoisotopic (exact) mass is 419 g/mol. The van der Waals surface area contributed by atoms with E-state index in [4.69, 9.17) is 23.2 Å².